The second-order valence-corrected chi connectivity index (χ2v) is 8.04. The first kappa shape index (κ1) is 20.2. The Labute approximate surface area is 156 Å². The lowest BCUT2D eigenvalue weighted by Gasteiger charge is -2.25. The molecule has 0 heterocycles. The van der Waals surface area contributed by atoms with Gasteiger partial charge in [-0.05, 0) is 55.3 Å². The number of rotatable bonds is 3. The summed E-state index contributed by atoms with van der Waals surface area (Å²) < 4.78 is 0. The van der Waals surface area contributed by atoms with Gasteiger partial charge in [-0.1, -0.05) is 50.8 Å². The predicted octanol–water partition coefficient (Wildman–Crippen LogP) is 4.71. The summed E-state index contributed by atoms with van der Waals surface area (Å²) in [4.78, 5) is 19.7. The Morgan fingerprint density at radius 3 is 2.04 bits per heavy atom. The van der Waals surface area contributed by atoms with Crippen LogP contribution in [0.3, 0.4) is 0 Å². The van der Waals surface area contributed by atoms with E-state index in [2.05, 4.69) is 44.7 Å². The summed E-state index contributed by atoms with van der Waals surface area (Å²) >= 11 is 0. The van der Waals surface area contributed by atoms with Gasteiger partial charge in [-0.2, -0.15) is 0 Å². The summed E-state index contributed by atoms with van der Waals surface area (Å²) in [5, 5.41) is 16.2. The molecule has 6 atom stereocenters. The largest absolute Gasteiger partial charge is 0.478 e. The number of carboxylic acids is 2. The third-order valence-electron chi connectivity index (χ3n) is 6.19. The van der Waals surface area contributed by atoms with Crippen LogP contribution in [0.25, 0.3) is 0 Å². The molecular weight excluding hydrogens is 328 g/mol. The molecule has 0 radical (unpaired) electrons. The summed E-state index contributed by atoms with van der Waals surface area (Å²) in [5.41, 5.74) is 0.0586. The van der Waals surface area contributed by atoms with Gasteiger partial charge in [0.1, 0.15) is 0 Å². The second kappa shape index (κ2) is 8.52. The SMILES string of the molecule is C=CC(=O)O.CC1CC2C=CC1(C=CC(=O)O)C2.CC1CC2C=CC1C2. The van der Waals surface area contributed by atoms with Crippen LogP contribution in [0.15, 0.2) is 49.1 Å². The summed E-state index contributed by atoms with van der Waals surface area (Å²) in [5.74, 6) is 2.38. The van der Waals surface area contributed by atoms with E-state index in [0.29, 0.717) is 11.8 Å². The van der Waals surface area contributed by atoms with Crippen molar-refractivity contribution in [1.29, 1.82) is 0 Å². The zero-order valence-electron chi connectivity index (χ0n) is 15.7. The number of allylic oxidation sites excluding steroid dienone is 5. The first-order valence-corrected chi connectivity index (χ1v) is 9.41. The van der Waals surface area contributed by atoms with Crippen molar-refractivity contribution in [2.75, 3.05) is 0 Å². The molecule has 0 aromatic carbocycles. The maximum Gasteiger partial charge on any atom is 0.328 e. The third kappa shape index (κ3) is 4.96. The molecule has 0 aromatic heterocycles. The van der Waals surface area contributed by atoms with Gasteiger partial charge in [-0.3, -0.25) is 0 Å². The Morgan fingerprint density at radius 2 is 1.73 bits per heavy atom. The minimum Gasteiger partial charge on any atom is -0.478 e. The van der Waals surface area contributed by atoms with Crippen LogP contribution in [0.2, 0.25) is 0 Å². The van der Waals surface area contributed by atoms with E-state index >= 15 is 0 Å². The average molecular weight is 358 g/mol. The first-order chi connectivity index (χ1) is 12.3. The van der Waals surface area contributed by atoms with Crippen LogP contribution >= 0.6 is 0 Å². The minimum atomic E-state index is -0.981. The van der Waals surface area contributed by atoms with Gasteiger partial charge < -0.3 is 10.2 Å². The molecule has 26 heavy (non-hydrogen) atoms. The van der Waals surface area contributed by atoms with Crippen molar-refractivity contribution in [2.45, 2.75) is 39.5 Å². The molecule has 2 fully saturated rings. The molecule has 142 valence electrons. The molecule has 4 bridgehead atoms. The van der Waals surface area contributed by atoms with Gasteiger partial charge in [0.05, 0.1) is 0 Å². The number of hydrogen-bond acceptors (Lipinski definition) is 2. The van der Waals surface area contributed by atoms with Crippen LogP contribution in [0.4, 0.5) is 0 Å². The highest BCUT2D eigenvalue weighted by atomic mass is 16.4. The highest BCUT2D eigenvalue weighted by Crippen LogP contribution is 2.53. The maximum atomic E-state index is 10.4. The van der Waals surface area contributed by atoms with E-state index in [0.717, 1.165) is 30.3 Å². The fourth-order valence-electron chi connectivity index (χ4n) is 4.68. The Hall–Kier alpha value is -2.10. The number of carboxylic acid groups (broad SMARTS) is 2. The topological polar surface area (TPSA) is 74.6 Å². The molecule has 0 aliphatic heterocycles. The van der Waals surface area contributed by atoms with Crippen molar-refractivity contribution >= 4 is 11.9 Å². The molecule has 6 unspecified atom stereocenters. The normalized spacial score (nSPS) is 37.8. The molecule has 0 spiro atoms. The van der Waals surface area contributed by atoms with Gasteiger partial charge in [-0.25, -0.2) is 9.59 Å². The quantitative estimate of drug-likeness (QED) is 0.566. The molecule has 2 N–H and O–H groups in total. The monoisotopic (exact) mass is 358 g/mol. The Balaban J connectivity index is 0.000000159. The summed E-state index contributed by atoms with van der Waals surface area (Å²) in [6, 6.07) is 0. The van der Waals surface area contributed by atoms with Crippen LogP contribution in [-0.4, -0.2) is 22.2 Å². The lowest BCUT2D eigenvalue weighted by atomic mass is 9.79. The number of fused-ring (bicyclic) bond motifs is 4. The molecule has 4 rings (SSSR count). The Kier molecular flexibility index (Phi) is 6.63. The molecular formula is C22H30O4. The van der Waals surface area contributed by atoms with E-state index in [1.807, 2.05) is 6.08 Å². The van der Waals surface area contributed by atoms with Gasteiger partial charge in [0.2, 0.25) is 0 Å². The average Bonchev–Trinajstić information content (AvgIpc) is 3.34. The molecule has 4 nitrogen and oxygen atoms in total. The summed E-state index contributed by atoms with van der Waals surface area (Å²) in [6.45, 7) is 7.53. The molecule has 0 amide bonds. The van der Waals surface area contributed by atoms with Crippen LogP contribution in [0, 0.1) is 35.0 Å². The van der Waals surface area contributed by atoms with Gasteiger partial charge in [-0.15, -0.1) is 0 Å². The van der Waals surface area contributed by atoms with Crippen LogP contribution in [-0.2, 0) is 9.59 Å². The van der Waals surface area contributed by atoms with E-state index in [1.54, 1.807) is 0 Å². The van der Waals surface area contributed by atoms with Crippen molar-refractivity contribution in [3.8, 4) is 0 Å². The fourth-order valence-corrected chi connectivity index (χ4v) is 4.68. The van der Waals surface area contributed by atoms with Gasteiger partial charge in [0, 0.05) is 17.6 Å². The van der Waals surface area contributed by atoms with Crippen LogP contribution in [0.1, 0.15) is 39.5 Å². The minimum absolute atomic E-state index is 0.0586. The van der Waals surface area contributed by atoms with E-state index in [4.69, 9.17) is 10.2 Å². The third-order valence-corrected chi connectivity index (χ3v) is 6.19. The van der Waals surface area contributed by atoms with Gasteiger partial charge in [0.15, 0.2) is 0 Å². The smallest absolute Gasteiger partial charge is 0.328 e. The molecule has 2 saturated carbocycles. The lowest BCUT2D eigenvalue weighted by Crippen LogP contribution is -2.17. The van der Waals surface area contributed by atoms with E-state index in [1.165, 1.54) is 25.3 Å². The molecule has 0 saturated heterocycles. The van der Waals surface area contributed by atoms with Crippen LogP contribution in [0.5, 0.6) is 0 Å². The molecule has 0 aromatic rings. The Morgan fingerprint density at radius 1 is 1.04 bits per heavy atom. The zero-order valence-corrected chi connectivity index (χ0v) is 15.7. The molecule has 4 aliphatic carbocycles. The fraction of sp³-hybridized carbons (Fsp3) is 0.545. The number of aliphatic carboxylic acids is 2. The summed E-state index contributed by atoms with van der Waals surface area (Å²) in [7, 11) is 0. The number of hydrogen-bond donors (Lipinski definition) is 2. The second-order valence-electron chi connectivity index (χ2n) is 8.04. The van der Waals surface area contributed by atoms with Gasteiger partial charge in [0.25, 0.3) is 0 Å². The van der Waals surface area contributed by atoms with Gasteiger partial charge >= 0.3 is 11.9 Å². The highest BCUT2D eigenvalue weighted by Gasteiger charge is 2.44. The zero-order chi connectivity index (χ0) is 19.3. The number of carbonyl (C=O) groups is 2. The maximum absolute atomic E-state index is 10.4. The van der Waals surface area contributed by atoms with E-state index < -0.39 is 11.9 Å². The van der Waals surface area contributed by atoms with Crippen molar-refractivity contribution in [3.63, 3.8) is 0 Å². The van der Waals surface area contributed by atoms with Crippen molar-refractivity contribution in [3.05, 3.63) is 49.1 Å². The molecule has 4 heteroatoms. The van der Waals surface area contributed by atoms with Crippen molar-refractivity contribution in [2.24, 2.45) is 35.0 Å². The van der Waals surface area contributed by atoms with Crippen molar-refractivity contribution in [1.82, 2.24) is 0 Å². The summed E-state index contributed by atoms with van der Waals surface area (Å²) in [6.07, 6.45) is 18.4. The predicted molar refractivity (Wildman–Crippen MR) is 103 cm³/mol. The Bertz CT molecular complexity index is 630. The van der Waals surface area contributed by atoms with Crippen molar-refractivity contribution < 1.29 is 19.8 Å². The first-order valence-electron chi connectivity index (χ1n) is 9.41. The van der Waals surface area contributed by atoms with Crippen LogP contribution < -0.4 is 0 Å². The lowest BCUT2D eigenvalue weighted by molar-refractivity contribution is -0.132. The molecule has 4 aliphatic rings. The van der Waals surface area contributed by atoms with E-state index in [-0.39, 0.29) is 5.41 Å². The highest BCUT2D eigenvalue weighted by molar-refractivity contribution is 5.80. The standard InChI is InChI=1S/C11H14O2.C8H12.C3H4O2/c1-8-6-9-2-4-11(8,7-9)5-3-10(12)13;1-6-4-7-2-3-8(6)5-7;1-2-3(4)5/h2-5,8-9H,6-7H2,1H3,(H,12,13);2-3,6-8H,4-5H2,1H3;2H,1H2,(H,4,5). The van der Waals surface area contributed by atoms with E-state index in [9.17, 15) is 9.59 Å².